The summed E-state index contributed by atoms with van der Waals surface area (Å²) in [5.74, 6) is 2.04. The molecule has 0 radical (unpaired) electrons. The van der Waals surface area contributed by atoms with Gasteiger partial charge in [-0.05, 0) is 44.2 Å². The van der Waals surface area contributed by atoms with Crippen LogP contribution in [-0.2, 0) is 6.54 Å². The molecule has 0 spiro atoms. The highest BCUT2D eigenvalue weighted by Crippen LogP contribution is 2.18. The van der Waals surface area contributed by atoms with Crippen molar-refractivity contribution in [3.8, 4) is 0 Å². The molecular formula is C18H30IN5. The Hall–Kier alpha value is -1.05. The third kappa shape index (κ3) is 5.50. The van der Waals surface area contributed by atoms with Gasteiger partial charge in [-0.15, -0.1) is 24.0 Å². The van der Waals surface area contributed by atoms with Crippen molar-refractivity contribution in [3.63, 3.8) is 0 Å². The molecule has 3 rings (SSSR count). The summed E-state index contributed by atoms with van der Waals surface area (Å²) in [5.41, 5.74) is 1.16. The van der Waals surface area contributed by atoms with Crippen LogP contribution in [-0.4, -0.2) is 36.6 Å². The summed E-state index contributed by atoms with van der Waals surface area (Å²) in [6, 6.07) is 4.88. The number of aromatic nitrogens is 1. The van der Waals surface area contributed by atoms with Crippen molar-refractivity contribution in [1.29, 1.82) is 0 Å². The first-order valence-corrected chi connectivity index (χ1v) is 9.10. The standard InChI is InChI=1S/C18H29N5.HI/c1-2-19-18(22-16-7-3-4-8-16)21-14-15-9-10-17(20-13-15)23-11-5-6-12-23;/h9-10,13,16H,2-8,11-12,14H2,1H3,(H2,19,21,22);1H. The largest absolute Gasteiger partial charge is 0.357 e. The summed E-state index contributed by atoms with van der Waals surface area (Å²) in [7, 11) is 0. The molecule has 2 fully saturated rings. The molecule has 5 nitrogen and oxygen atoms in total. The fourth-order valence-corrected chi connectivity index (χ4v) is 3.40. The molecule has 1 saturated carbocycles. The second-order valence-corrected chi connectivity index (χ2v) is 6.54. The van der Waals surface area contributed by atoms with Gasteiger partial charge in [-0.3, -0.25) is 0 Å². The lowest BCUT2D eigenvalue weighted by Gasteiger charge is -2.17. The monoisotopic (exact) mass is 443 g/mol. The Bertz CT molecular complexity index is 505. The van der Waals surface area contributed by atoms with Crippen molar-refractivity contribution >= 4 is 35.8 Å². The second-order valence-electron chi connectivity index (χ2n) is 6.54. The van der Waals surface area contributed by atoms with Crippen LogP contribution in [0.3, 0.4) is 0 Å². The Balaban J connectivity index is 0.00000208. The smallest absolute Gasteiger partial charge is 0.191 e. The first-order chi connectivity index (χ1) is 11.3. The van der Waals surface area contributed by atoms with E-state index in [2.05, 4.69) is 39.6 Å². The van der Waals surface area contributed by atoms with Gasteiger partial charge in [-0.25, -0.2) is 9.98 Å². The zero-order valence-electron chi connectivity index (χ0n) is 14.6. The van der Waals surface area contributed by atoms with Gasteiger partial charge in [-0.1, -0.05) is 18.9 Å². The molecule has 2 heterocycles. The van der Waals surface area contributed by atoms with Gasteiger partial charge in [0, 0.05) is 31.9 Å². The summed E-state index contributed by atoms with van der Waals surface area (Å²) >= 11 is 0. The van der Waals surface area contributed by atoms with Crippen LogP contribution >= 0.6 is 24.0 Å². The molecule has 1 aromatic heterocycles. The lowest BCUT2D eigenvalue weighted by Crippen LogP contribution is -2.42. The van der Waals surface area contributed by atoms with E-state index in [4.69, 9.17) is 4.99 Å². The summed E-state index contributed by atoms with van der Waals surface area (Å²) in [4.78, 5) is 11.7. The Labute approximate surface area is 162 Å². The Kier molecular flexibility index (Phi) is 8.08. The molecule has 1 aliphatic carbocycles. The van der Waals surface area contributed by atoms with Crippen LogP contribution in [0.15, 0.2) is 23.3 Å². The van der Waals surface area contributed by atoms with Gasteiger partial charge >= 0.3 is 0 Å². The van der Waals surface area contributed by atoms with Crippen LogP contribution < -0.4 is 15.5 Å². The number of nitrogens with one attached hydrogen (secondary N) is 2. The molecule has 0 amide bonds. The zero-order chi connectivity index (χ0) is 15.9. The fraction of sp³-hybridized carbons (Fsp3) is 0.667. The van der Waals surface area contributed by atoms with Crippen molar-refractivity contribution in [2.45, 2.75) is 58.0 Å². The molecule has 6 heteroatoms. The number of aliphatic imine (C=N–C) groups is 1. The minimum absolute atomic E-state index is 0. The van der Waals surface area contributed by atoms with E-state index < -0.39 is 0 Å². The van der Waals surface area contributed by atoms with Crippen LogP contribution in [0.4, 0.5) is 5.82 Å². The van der Waals surface area contributed by atoms with Gasteiger partial charge in [-0.2, -0.15) is 0 Å². The molecule has 0 aromatic carbocycles. The second kappa shape index (κ2) is 10.1. The molecule has 2 N–H and O–H groups in total. The van der Waals surface area contributed by atoms with Crippen molar-refractivity contribution in [2.24, 2.45) is 4.99 Å². The number of hydrogen-bond donors (Lipinski definition) is 2. The number of nitrogens with zero attached hydrogens (tertiary/aromatic N) is 3. The average molecular weight is 443 g/mol. The number of anilines is 1. The van der Waals surface area contributed by atoms with E-state index in [0.717, 1.165) is 37.0 Å². The number of hydrogen-bond acceptors (Lipinski definition) is 3. The quantitative estimate of drug-likeness (QED) is 0.417. The van der Waals surface area contributed by atoms with E-state index in [9.17, 15) is 0 Å². The summed E-state index contributed by atoms with van der Waals surface area (Å²) in [6.07, 6.45) is 9.72. The molecule has 0 atom stereocenters. The van der Waals surface area contributed by atoms with Crippen molar-refractivity contribution in [2.75, 3.05) is 24.5 Å². The predicted molar refractivity (Wildman–Crippen MR) is 111 cm³/mol. The van der Waals surface area contributed by atoms with Gasteiger partial charge in [0.1, 0.15) is 5.82 Å². The highest BCUT2D eigenvalue weighted by atomic mass is 127. The fourth-order valence-electron chi connectivity index (χ4n) is 3.40. The minimum atomic E-state index is 0. The first kappa shape index (κ1) is 19.3. The lowest BCUT2D eigenvalue weighted by molar-refractivity contribution is 0.614. The predicted octanol–water partition coefficient (Wildman–Crippen LogP) is 3.30. The highest BCUT2D eigenvalue weighted by Gasteiger charge is 2.16. The van der Waals surface area contributed by atoms with Gasteiger partial charge in [0.15, 0.2) is 5.96 Å². The van der Waals surface area contributed by atoms with E-state index in [1.54, 1.807) is 0 Å². The molecule has 24 heavy (non-hydrogen) atoms. The first-order valence-electron chi connectivity index (χ1n) is 9.10. The number of halogens is 1. The Morgan fingerprint density at radius 3 is 2.58 bits per heavy atom. The normalized spacial score (nSPS) is 18.5. The molecule has 1 saturated heterocycles. The van der Waals surface area contributed by atoms with E-state index in [-0.39, 0.29) is 24.0 Å². The zero-order valence-corrected chi connectivity index (χ0v) is 17.0. The maximum Gasteiger partial charge on any atom is 0.191 e. The minimum Gasteiger partial charge on any atom is -0.357 e. The molecule has 1 aliphatic heterocycles. The van der Waals surface area contributed by atoms with Crippen LogP contribution in [0.25, 0.3) is 0 Å². The van der Waals surface area contributed by atoms with Gasteiger partial charge in [0.2, 0.25) is 0 Å². The number of guanidine groups is 1. The number of pyridine rings is 1. The third-order valence-corrected chi connectivity index (χ3v) is 4.70. The molecular weight excluding hydrogens is 413 g/mol. The molecule has 134 valence electrons. The molecule has 1 aromatic rings. The van der Waals surface area contributed by atoms with Gasteiger partial charge in [0.25, 0.3) is 0 Å². The number of rotatable bonds is 5. The van der Waals surface area contributed by atoms with Gasteiger partial charge < -0.3 is 15.5 Å². The van der Waals surface area contributed by atoms with E-state index in [1.807, 2.05) is 6.20 Å². The van der Waals surface area contributed by atoms with Crippen molar-refractivity contribution < 1.29 is 0 Å². The maximum atomic E-state index is 4.72. The summed E-state index contributed by atoms with van der Waals surface area (Å²) in [6.45, 7) is 5.96. The van der Waals surface area contributed by atoms with Crippen molar-refractivity contribution in [1.82, 2.24) is 15.6 Å². The summed E-state index contributed by atoms with van der Waals surface area (Å²) in [5, 5.41) is 6.90. The third-order valence-electron chi connectivity index (χ3n) is 4.70. The lowest BCUT2D eigenvalue weighted by atomic mass is 10.2. The topological polar surface area (TPSA) is 52.6 Å². The maximum absolute atomic E-state index is 4.72. The van der Waals surface area contributed by atoms with Gasteiger partial charge in [0.05, 0.1) is 6.54 Å². The Morgan fingerprint density at radius 1 is 1.21 bits per heavy atom. The molecule has 2 aliphatic rings. The average Bonchev–Trinajstić information content (AvgIpc) is 3.27. The van der Waals surface area contributed by atoms with Crippen LogP contribution in [0.5, 0.6) is 0 Å². The van der Waals surface area contributed by atoms with E-state index in [0.29, 0.717) is 12.6 Å². The van der Waals surface area contributed by atoms with Crippen LogP contribution in [0.2, 0.25) is 0 Å². The molecule has 0 unspecified atom stereocenters. The van der Waals surface area contributed by atoms with Crippen molar-refractivity contribution in [3.05, 3.63) is 23.9 Å². The molecule has 0 bridgehead atoms. The Morgan fingerprint density at radius 2 is 1.96 bits per heavy atom. The van der Waals surface area contributed by atoms with Crippen LogP contribution in [0.1, 0.15) is 51.0 Å². The summed E-state index contributed by atoms with van der Waals surface area (Å²) < 4.78 is 0. The van der Waals surface area contributed by atoms with E-state index >= 15 is 0 Å². The SMILES string of the molecule is CCNC(=NCc1ccc(N2CCCC2)nc1)NC1CCCC1.I. The highest BCUT2D eigenvalue weighted by molar-refractivity contribution is 14.0. The van der Waals surface area contributed by atoms with Crippen LogP contribution in [0, 0.1) is 0 Å². The van der Waals surface area contributed by atoms with E-state index in [1.165, 1.54) is 38.5 Å².